The standard InChI is InChI=1S/C11H8Cl2FNO/c12-4-3-11-15-6-10(16-11)8-2-1-7(13)5-9(8)14/h1-2,5-6H,3-4H2. The Morgan fingerprint density at radius 1 is 1.38 bits per heavy atom. The van der Waals surface area contributed by atoms with Crippen LogP contribution in [0, 0.1) is 5.82 Å². The molecule has 1 heterocycles. The molecule has 2 aromatic rings. The van der Waals surface area contributed by atoms with Crippen LogP contribution in [0.4, 0.5) is 4.39 Å². The summed E-state index contributed by atoms with van der Waals surface area (Å²) in [6.07, 6.45) is 2.00. The smallest absolute Gasteiger partial charge is 0.196 e. The molecule has 1 aromatic carbocycles. The number of hydrogen-bond donors (Lipinski definition) is 0. The van der Waals surface area contributed by atoms with Crippen LogP contribution in [0.15, 0.2) is 28.8 Å². The molecule has 0 saturated carbocycles. The lowest BCUT2D eigenvalue weighted by Gasteiger charge is -1.98. The Balaban J connectivity index is 2.35. The number of benzene rings is 1. The van der Waals surface area contributed by atoms with E-state index in [2.05, 4.69) is 4.98 Å². The van der Waals surface area contributed by atoms with E-state index < -0.39 is 5.82 Å². The minimum atomic E-state index is -0.430. The summed E-state index contributed by atoms with van der Waals surface area (Å²) in [4.78, 5) is 4.00. The molecule has 0 atom stereocenters. The van der Waals surface area contributed by atoms with E-state index in [9.17, 15) is 4.39 Å². The molecule has 0 aliphatic heterocycles. The number of halogens is 3. The minimum Gasteiger partial charge on any atom is -0.441 e. The van der Waals surface area contributed by atoms with E-state index in [-0.39, 0.29) is 0 Å². The molecule has 16 heavy (non-hydrogen) atoms. The predicted molar refractivity (Wildman–Crippen MR) is 61.3 cm³/mol. The lowest BCUT2D eigenvalue weighted by atomic mass is 10.2. The van der Waals surface area contributed by atoms with Gasteiger partial charge < -0.3 is 4.42 Å². The molecule has 0 radical (unpaired) electrons. The monoisotopic (exact) mass is 259 g/mol. The van der Waals surface area contributed by atoms with E-state index in [4.69, 9.17) is 27.6 Å². The van der Waals surface area contributed by atoms with Crippen LogP contribution in [0.3, 0.4) is 0 Å². The van der Waals surface area contributed by atoms with Crippen molar-refractivity contribution in [3.05, 3.63) is 41.1 Å². The SMILES string of the molecule is Fc1cc(Cl)ccc1-c1cnc(CCCl)o1. The number of aryl methyl sites for hydroxylation is 1. The maximum atomic E-state index is 13.5. The lowest BCUT2D eigenvalue weighted by Crippen LogP contribution is -1.84. The molecule has 0 saturated heterocycles. The Morgan fingerprint density at radius 2 is 2.19 bits per heavy atom. The van der Waals surface area contributed by atoms with E-state index in [1.807, 2.05) is 0 Å². The number of hydrogen-bond acceptors (Lipinski definition) is 2. The van der Waals surface area contributed by atoms with Crippen LogP contribution in [0.2, 0.25) is 5.02 Å². The van der Waals surface area contributed by atoms with Gasteiger partial charge in [-0.2, -0.15) is 0 Å². The fourth-order valence-electron chi connectivity index (χ4n) is 1.32. The minimum absolute atomic E-state index is 0.345. The molecule has 0 unspecified atom stereocenters. The van der Waals surface area contributed by atoms with Crippen molar-refractivity contribution >= 4 is 23.2 Å². The Morgan fingerprint density at radius 3 is 2.88 bits per heavy atom. The van der Waals surface area contributed by atoms with Gasteiger partial charge in [-0.1, -0.05) is 11.6 Å². The first kappa shape index (κ1) is 11.4. The Kier molecular flexibility index (Phi) is 3.46. The molecule has 84 valence electrons. The second-order valence-electron chi connectivity index (χ2n) is 3.18. The Bertz CT molecular complexity index is 498. The van der Waals surface area contributed by atoms with Gasteiger partial charge in [-0.05, 0) is 18.2 Å². The molecule has 2 rings (SSSR count). The van der Waals surface area contributed by atoms with Crippen LogP contribution >= 0.6 is 23.2 Å². The van der Waals surface area contributed by atoms with Gasteiger partial charge in [0.1, 0.15) is 5.82 Å². The van der Waals surface area contributed by atoms with Gasteiger partial charge in [-0.25, -0.2) is 9.37 Å². The van der Waals surface area contributed by atoms with Crippen LogP contribution in [0.1, 0.15) is 5.89 Å². The van der Waals surface area contributed by atoms with Crippen molar-refractivity contribution < 1.29 is 8.81 Å². The van der Waals surface area contributed by atoms with Crippen LogP contribution in [0.5, 0.6) is 0 Å². The second kappa shape index (κ2) is 4.85. The van der Waals surface area contributed by atoms with Gasteiger partial charge in [0.15, 0.2) is 11.7 Å². The van der Waals surface area contributed by atoms with Crippen LogP contribution in [-0.2, 0) is 6.42 Å². The molecule has 0 N–H and O–H groups in total. The summed E-state index contributed by atoms with van der Waals surface area (Å²) in [5.74, 6) is 0.873. The van der Waals surface area contributed by atoms with Crippen molar-refractivity contribution in [2.75, 3.05) is 5.88 Å². The normalized spacial score (nSPS) is 10.7. The molecule has 0 spiro atoms. The maximum absolute atomic E-state index is 13.5. The van der Waals surface area contributed by atoms with Crippen molar-refractivity contribution in [1.82, 2.24) is 4.98 Å². The third-order valence-corrected chi connectivity index (χ3v) is 2.48. The Hall–Kier alpha value is -1.06. The molecular weight excluding hydrogens is 252 g/mol. The number of rotatable bonds is 3. The average Bonchev–Trinajstić information content (AvgIpc) is 2.67. The summed E-state index contributed by atoms with van der Waals surface area (Å²) in [7, 11) is 0. The number of aromatic nitrogens is 1. The Labute approximate surface area is 102 Å². The highest BCUT2D eigenvalue weighted by atomic mass is 35.5. The maximum Gasteiger partial charge on any atom is 0.196 e. The van der Waals surface area contributed by atoms with Gasteiger partial charge in [0.2, 0.25) is 0 Å². The zero-order valence-corrected chi connectivity index (χ0v) is 9.72. The van der Waals surface area contributed by atoms with Crippen molar-refractivity contribution in [3.63, 3.8) is 0 Å². The molecule has 5 heteroatoms. The zero-order valence-electron chi connectivity index (χ0n) is 8.21. The highest BCUT2D eigenvalue weighted by molar-refractivity contribution is 6.30. The van der Waals surface area contributed by atoms with Gasteiger partial charge in [-0.15, -0.1) is 11.6 Å². The molecule has 0 amide bonds. The third-order valence-electron chi connectivity index (χ3n) is 2.06. The molecular formula is C11H8Cl2FNO. The van der Waals surface area contributed by atoms with Crippen molar-refractivity contribution in [2.24, 2.45) is 0 Å². The lowest BCUT2D eigenvalue weighted by molar-refractivity contribution is 0.510. The molecule has 0 aliphatic carbocycles. The molecule has 0 aliphatic rings. The van der Waals surface area contributed by atoms with Gasteiger partial charge in [0.05, 0.1) is 11.8 Å². The predicted octanol–water partition coefficient (Wildman–Crippen LogP) is 3.92. The van der Waals surface area contributed by atoms with Crippen LogP contribution in [0.25, 0.3) is 11.3 Å². The summed E-state index contributed by atoms with van der Waals surface area (Å²) in [5.41, 5.74) is 0.345. The van der Waals surface area contributed by atoms with Crippen molar-refractivity contribution in [1.29, 1.82) is 0 Å². The fourth-order valence-corrected chi connectivity index (χ4v) is 1.64. The van der Waals surface area contributed by atoms with Crippen LogP contribution in [-0.4, -0.2) is 10.9 Å². The molecule has 0 bridgehead atoms. The van der Waals surface area contributed by atoms with E-state index in [0.29, 0.717) is 34.5 Å². The first-order chi connectivity index (χ1) is 7.70. The summed E-state index contributed by atoms with van der Waals surface area (Å²) >= 11 is 11.2. The van der Waals surface area contributed by atoms with Gasteiger partial charge in [-0.3, -0.25) is 0 Å². The quantitative estimate of drug-likeness (QED) is 0.782. The van der Waals surface area contributed by atoms with E-state index in [1.54, 1.807) is 12.1 Å². The van der Waals surface area contributed by atoms with Crippen molar-refractivity contribution in [3.8, 4) is 11.3 Å². The first-order valence-electron chi connectivity index (χ1n) is 4.67. The van der Waals surface area contributed by atoms with E-state index in [1.165, 1.54) is 12.3 Å². The van der Waals surface area contributed by atoms with E-state index >= 15 is 0 Å². The summed E-state index contributed by atoms with van der Waals surface area (Å²) in [6, 6.07) is 4.40. The number of alkyl halides is 1. The highest BCUT2D eigenvalue weighted by Crippen LogP contribution is 2.26. The summed E-state index contributed by atoms with van der Waals surface area (Å²) < 4.78 is 18.9. The first-order valence-corrected chi connectivity index (χ1v) is 5.58. The third kappa shape index (κ3) is 2.36. The van der Waals surface area contributed by atoms with Gasteiger partial charge in [0, 0.05) is 17.3 Å². The number of nitrogens with zero attached hydrogens (tertiary/aromatic N) is 1. The summed E-state index contributed by atoms with van der Waals surface area (Å²) in [5, 5.41) is 0.349. The average molecular weight is 260 g/mol. The fraction of sp³-hybridized carbons (Fsp3) is 0.182. The van der Waals surface area contributed by atoms with Gasteiger partial charge >= 0.3 is 0 Å². The van der Waals surface area contributed by atoms with Gasteiger partial charge in [0.25, 0.3) is 0 Å². The largest absolute Gasteiger partial charge is 0.441 e. The van der Waals surface area contributed by atoms with Crippen molar-refractivity contribution in [2.45, 2.75) is 6.42 Å². The second-order valence-corrected chi connectivity index (χ2v) is 4.00. The molecule has 0 fully saturated rings. The summed E-state index contributed by atoms with van der Waals surface area (Å²) in [6.45, 7) is 0. The topological polar surface area (TPSA) is 26.0 Å². The highest BCUT2D eigenvalue weighted by Gasteiger charge is 2.10. The molecule has 2 nitrogen and oxygen atoms in total. The van der Waals surface area contributed by atoms with E-state index in [0.717, 1.165) is 0 Å². The van der Waals surface area contributed by atoms with Crippen LogP contribution < -0.4 is 0 Å². The zero-order chi connectivity index (χ0) is 11.5. The number of oxazole rings is 1. The molecule has 1 aromatic heterocycles.